The van der Waals surface area contributed by atoms with E-state index in [1.165, 1.54) is 30.4 Å². The minimum absolute atomic E-state index is 1.08. The maximum atomic E-state index is 3.27. The lowest BCUT2D eigenvalue weighted by molar-refractivity contribution is 0.675. The Labute approximate surface area is 84.8 Å². The fourth-order valence-electron chi connectivity index (χ4n) is 2.29. The predicted octanol–water partition coefficient (Wildman–Crippen LogP) is 2.16. The van der Waals surface area contributed by atoms with Gasteiger partial charge in [0.15, 0.2) is 0 Å². The third-order valence-corrected chi connectivity index (χ3v) is 3.20. The first-order chi connectivity index (χ1) is 6.92. The molecule has 2 aliphatic rings. The van der Waals surface area contributed by atoms with Gasteiger partial charge in [0.05, 0.1) is 0 Å². The molecule has 1 fully saturated rings. The van der Waals surface area contributed by atoms with Crippen LogP contribution in [0.3, 0.4) is 0 Å². The Bertz CT molecular complexity index is 384. The molecule has 0 unspecified atom stereocenters. The molecule has 1 aliphatic heterocycles. The Hall–Kier alpha value is -1.08. The highest BCUT2D eigenvalue weighted by atomic mass is 14.9. The first-order valence-corrected chi connectivity index (χ1v) is 5.44. The number of benzene rings is 1. The summed E-state index contributed by atoms with van der Waals surface area (Å²) in [5.41, 5.74) is 6.07. The van der Waals surface area contributed by atoms with Gasteiger partial charge in [-0.15, -0.1) is 0 Å². The van der Waals surface area contributed by atoms with Gasteiger partial charge in [-0.3, -0.25) is 0 Å². The summed E-state index contributed by atoms with van der Waals surface area (Å²) in [5, 5.41) is 3.27. The summed E-state index contributed by atoms with van der Waals surface area (Å²) in [4.78, 5) is 0. The minimum atomic E-state index is 1.08. The number of rotatable bonds is 1. The van der Waals surface area contributed by atoms with Crippen LogP contribution in [0.2, 0.25) is 0 Å². The van der Waals surface area contributed by atoms with Crippen molar-refractivity contribution in [2.75, 3.05) is 13.1 Å². The molecule has 1 aromatic rings. The Morgan fingerprint density at radius 3 is 2.71 bits per heavy atom. The second-order valence-electron chi connectivity index (χ2n) is 4.29. The number of aryl methyl sites for hydroxylation is 2. The normalized spacial score (nSPS) is 19.0. The summed E-state index contributed by atoms with van der Waals surface area (Å²) >= 11 is 0. The van der Waals surface area contributed by atoms with Crippen molar-refractivity contribution in [1.82, 2.24) is 5.32 Å². The molecule has 1 saturated heterocycles. The molecule has 1 heterocycles. The van der Waals surface area contributed by atoms with E-state index in [2.05, 4.69) is 29.6 Å². The van der Waals surface area contributed by atoms with Crippen LogP contribution in [0, 0.1) is 0 Å². The van der Waals surface area contributed by atoms with E-state index < -0.39 is 0 Å². The van der Waals surface area contributed by atoms with Crippen molar-refractivity contribution in [2.24, 2.45) is 0 Å². The van der Waals surface area contributed by atoms with Crippen molar-refractivity contribution in [1.29, 1.82) is 0 Å². The van der Waals surface area contributed by atoms with Crippen LogP contribution in [0.4, 0.5) is 0 Å². The summed E-state index contributed by atoms with van der Waals surface area (Å²) in [6, 6.07) is 6.93. The predicted molar refractivity (Wildman–Crippen MR) is 59.3 cm³/mol. The molecule has 0 atom stereocenters. The van der Waals surface area contributed by atoms with Crippen LogP contribution in [-0.4, -0.2) is 13.1 Å². The Morgan fingerprint density at radius 1 is 1.07 bits per heavy atom. The molecular formula is C13H15N. The first-order valence-electron chi connectivity index (χ1n) is 5.44. The van der Waals surface area contributed by atoms with Gasteiger partial charge < -0.3 is 5.32 Å². The van der Waals surface area contributed by atoms with E-state index in [1.54, 1.807) is 11.1 Å². The van der Waals surface area contributed by atoms with Crippen LogP contribution in [0.5, 0.6) is 0 Å². The van der Waals surface area contributed by atoms with Crippen molar-refractivity contribution >= 4 is 6.08 Å². The van der Waals surface area contributed by atoms with E-state index in [0.29, 0.717) is 0 Å². The van der Waals surface area contributed by atoms with Crippen molar-refractivity contribution < 1.29 is 0 Å². The van der Waals surface area contributed by atoms with Gasteiger partial charge in [0.1, 0.15) is 0 Å². The fraction of sp³-hybridized carbons (Fsp3) is 0.385. The van der Waals surface area contributed by atoms with Gasteiger partial charge in [0, 0.05) is 13.1 Å². The second kappa shape index (κ2) is 3.25. The molecule has 1 heteroatoms. The molecule has 3 rings (SSSR count). The van der Waals surface area contributed by atoms with Crippen molar-refractivity contribution in [3.8, 4) is 0 Å². The monoisotopic (exact) mass is 185 g/mol. The van der Waals surface area contributed by atoms with Gasteiger partial charge in [-0.05, 0) is 41.5 Å². The zero-order valence-electron chi connectivity index (χ0n) is 8.34. The Morgan fingerprint density at radius 2 is 1.93 bits per heavy atom. The number of fused-ring (bicyclic) bond motifs is 1. The van der Waals surface area contributed by atoms with Crippen molar-refractivity contribution in [2.45, 2.75) is 19.3 Å². The highest BCUT2D eigenvalue weighted by molar-refractivity contribution is 5.57. The zero-order valence-corrected chi connectivity index (χ0v) is 8.34. The molecule has 0 aromatic heterocycles. The smallest absolute Gasteiger partial charge is 0.0183 e. The number of hydrogen-bond donors (Lipinski definition) is 1. The number of hydrogen-bond acceptors (Lipinski definition) is 1. The molecule has 1 N–H and O–H groups in total. The minimum Gasteiger partial charge on any atom is -0.309 e. The summed E-state index contributed by atoms with van der Waals surface area (Å²) < 4.78 is 0. The highest BCUT2D eigenvalue weighted by Crippen LogP contribution is 2.24. The quantitative estimate of drug-likeness (QED) is 0.707. The topological polar surface area (TPSA) is 12.0 Å². The van der Waals surface area contributed by atoms with E-state index in [-0.39, 0.29) is 0 Å². The van der Waals surface area contributed by atoms with Gasteiger partial charge in [0.2, 0.25) is 0 Å². The first kappa shape index (κ1) is 8.25. The third kappa shape index (κ3) is 1.38. The largest absolute Gasteiger partial charge is 0.309 e. The molecule has 1 aromatic carbocycles. The van der Waals surface area contributed by atoms with Crippen molar-refractivity contribution in [3.05, 3.63) is 40.5 Å². The Kier molecular flexibility index (Phi) is 1.91. The third-order valence-electron chi connectivity index (χ3n) is 3.20. The number of nitrogens with one attached hydrogen (secondary N) is 1. The average molecular weight is 185 g/mol. The average Bonchev–Trinajstić information content (AvgIpc) is 2.58. The van der Waals surface area contributed by atoms with Crippen LogP contribution in [0.25, 0.3) is 6.08 Å². The summed E-state index contributed by atoms with van der Waals surface area (Å²) in [5.74, 6) is 0. The standard InChI is InChI=1S/C13H15N/c1-2-12-5-4-10(7-13(12)3-1)6-11-8-14-9-11/h4-7,14H,1-3,8-9H2. The summed E-state index contributed by atoms with van der Waals surface area (Å²) in [6.07, 6.45) is 6.24. The lowest BCUT2D eigenvalue weighted by Gasteiger charge is -2.18. The summed E-state index contributed by atoms with van der Waals surface area (Å²) in [6.45, 7) is 2.16. The van der Waals surface area contributed by atoms with Crippen LogP contribution < -0.4 is 5.32 Å². The highest BCUT2D eigenvalue weighted by Gasteiger charge is 2.11. The van der Waals surface area contributed by atoms with Crippen LogP contribution in [0.1, 0.15) is 23.1 Å². The van der Waals surface area contributed by atoms with Gasteiger partial charge in [-0.2, -0.15) is 0 Å². The van der Waals surface area contributed by atoms with Gasteiger partial charge in [0.25, 0.3) is 0 Å². The molecule has 0 spiro atoms. The SMILES string of the molecule is C(=C1CNC1)c1ccc2c(c1)CCC2. The maximum Gasteiger partial charge on any atom is 0.0183 e. The van der Waals surface area contributed by atoms with Crippen LogP contribution in [-0.2, 0) is 12.8 Å². The van der Waals surface area contributed by atoms with E-state index in [0.717, 1.165) is 13.1 Å². The van der Waals surface area contributed by atoms with Gasteiger partial charge in [-0.25, -0.2) is 0 Å². The second-order valence-corrected chi connectivity index (χ2v) is 4.29. The molecule has 0 amide bonds. The molecule has 0 saturated carbocycles. The molecule has 14 heavy (non-hydrogen) atoms. The zero-order chi connectivity index (χ0) is 9.38. The molecule has 1 aliphatic carbocycles. The van der Waals surface area contributed by atoms with Gasteiger partial charge in [-0.1, -0.05) is 24.3 Å². The molecule has 72 valence electrons. The Balaban J connectivity index is 1.92. The van der Waals surface area contributed by atoms with Gasteiger partial charge >= 0.3 is 0 Å². The molecular weight excluding hydrogens is 170 g/mol. The van der Waals surface area contributed by atoms with Crippen LogP contribution >= 0.6 is 0 Å². The van der Waals surface area contributed by atoms with E-state index >= 15 is 0 Å². The molecule has 0 bridgehead atoms. The maximum absolute atomic E-state index is 3.27. The molecule has 0 radical (unpaired) electrons. The lowest BCUT2D eigenvalue weighted by Crippen LogP contribution is -2.33. The van der Waals surface area contributed by atoms with E-state index in [4.69, 9.17) is 0 Å². The molecule has 1 nitrogen and oxygen atoms in total. The van der Waals surface area contributed by atoms with E-state index in [9.17, 15) is 0 Å². The van der Waals surface area contributed by atoms with E-state index in [1.807, 2.05) is 0 Å². The fourth-order valence-corrected chi connectivity index (χ4v) is 2.29. The van der Waals surface area contributed by atoms with Crippen molar-refractivity contribution in [3.63, 3.8) is 0 Å². The van der Waals surface area contributed by atoms with Crippen LogP contribution in [0.15, 0.2) is 23.8 Å². The summed E-state index contributed by atoms with van der Waals surface area (Å²) in [7, 11) is 0. The lowest BCUT2D eigenvalue weighted by atomic mass is 10.0.